The maximum Gasteiger partial charge on any atom is 0.193 e. The van der Waals surface area contributed by atoms with Gasteiger partial charge >= 0.3 is 0 Å². The van der Waals surface area contributed by atoms with E-state index in [2.05, 4.69) is 47.4 Å². The Hall–Kier alpha value is -1.75. The van der Waals surface area contributed by atoms with Gasteiger partial charge in [-0.25, -0.2) is 0 Å². The molecule has 0 amide bonds. The summed E-state index contributed by atoms with van der Waals surface area (Å²) in [5.41, 5.74) is 2.34. The molecule has 24 heavy (non-hydrogen) atoms. The van der Waals surface area contributed by atoms with Crippen LogP contribution < -0.4 is 10.1 Å². The van der Waals surface area contributed by atoms with Gasteiger partial charge in [-0.1, -0.05) is 12.1 Å². The van der Waals surface area contributed by atoms with Crippen molar-refractivity contribution in [2.24, 2.45) is 10.9 Å². The Kier molecular flexibility index (Phi) is 7.37. The Bertz CT molecular complexity index is 539. The molecule has 0 atom stereocenters. The lowest BCUT2D eigenvalue weighted by atomic mass is 9.96. The summed E-state index contributed by atoms with van der Waals surface area (Å²) in [6, 6.07) is 6.30. The van der Waals surface area contributed by atoms with Gasteiger partial charge in [0.2, 0.25) is 0 Å². The summed E-state index contributed by atoms with van der Waals surface area (Å²) in [4.78, 5) is 6.61. The summed E-state index contributed by atoms with van der Waals surface area (Å²) in [5, 5.41) is 3.44. The lowest BCUT2D eigenvalue weighted by Crippen LogP contribution is -2.39. The smallest absolute Gasteiger partial charge is 0.193 e. The first-order valence-corrected chi connectivity index (χ1v) is 8.77. The van der Waals surface area contributed by atoms with E-state index in [1.807, 2.05) is 7.05 Å². The maximum atomic E-state index is 5.43. The molecule has 0 radical (unpaired) electrons. The van der Waals surface area contributed by atoms with E-state index in [1.54, 1.807) is 7.11 Å². The predicted molar refractivity (Wildman–Crippen MR) is 98.7 cm³/mol. The number of aryl methyl sites for hydroxylation is 1. The Balaban J connectivity index is 1.82. The molecule has 1 aromatic rings. The van der Waals surface area contributed by atoms with Crippen LogP contribution in [0.3, 0.4) is 0 Å². The minimum Gasteiger partial charge on any atom is -0.496 e. The highest BCUT2D eigenvalue weighted by molar-refractivity contribution is 5.79. The molecule has 134 valence electrons. The number of methoxy groups -OCH3 is 1. The van der Waals surface area contributed by atoms with Crippen LogP contribution >= 0.6 is 0 Å². The van der Waals surface area contributed by atoms with E-state index >= 15 is 0 Å². The Morgan fingerprint density at radius 1 is 1.38 bits per heavy atom. The maximum absolute atomic E-state index is 5.43. The lowest BCUT2D eigenvalue weighted by Gasteiger charge is -2.27. The number of hydrogen-bond acceptors (Lipinski definition) is 3. The largest absolute Gasteiger partial charge is 0.496 e. The molecule has 1 heterocycles. The van der Waals surface area contributed by atoms with E-state index < -0.39 is 0 Å². The number of hydrogen-bond donors (Lipinski definition) is 1. The van der Waals surface area contributed by atoms with Gasteiger partial charge in [0.25, 0.3) is 0 Å². The van der Waals surface area contributed by atoms with E-state index in [-0.39, 0.29) is 0 Å². The van der Waals surface area contributed by atoms with Crippen LogP contribution in [0.1, 0.15) is 30.4 Å². The summed E-state index contributed by atoms with van der Waals surface area (Å²) in [6.45, 7) is 5.64. The summed E-state index contributed by atoms with van der Waals surface area (Å²) >= 11 is 0. The zero-order valence-corrected chi connectivity index (χ0v) is 15.5. The molecule has 1 aliphatic heterocycles. The van der Waals surface area contributed by atoms with Crippen molar-refractivity contribution in [3.8, 4) is 5.75 Å². The molecule has 1 N–H and O–H groups in total. The molecule has 1 aromatic carbocycles. The zero-order valence-electron chi connectivity index (χ0n) is 15.5. The number of guanidine groups is 1. The van der Waals surface area contributed by atoms with Crippen molar-refractivity contribution in [1.82, 2.24) is 10.2 Å². The summed E-state index contributed by atoms with van der Waals surface area (Å²) < 4.78 is 10.8. The molecule has 5 nitrogen and oxygen atoms in total. The number of nitrogens with zero attached hydrogens (tertiary/aromatic N) is 2. The van der Waals surface area contributed by atoms with Gasteiger partial charge in [-0.2, -0.15) is 0 Å². The Morgan fingerprint density at radius 2 is 2.12 bits per heavy atom. The van der Waals surface area contributed by atoms with Gasteiger partial charge in [0.05, 0.1) is 7.11 Å². The van der Waals surface area contributed by atoms with Crippen LogP contribution in [0.5, 0.6) is 5.75 Å². The molecule has 0 spiro atoms. The monoisotopic (exact) mass is 333 g/mol. The molecule has 0 aliphatic carbocycles. The van der Waals surface area contributed by atoms with Crippen molar-refractivity contribution in [3.05, 3.63) is 29.3 Å². The molecule has 5 heteroatoms. The predicted octanol–water partition coefficient (Wildman–Crippen LogP) is 2.83. The van der Waals surface area contributed by atoms with Gasteiger partial charge < -0.3 is 19.7 Å². The number of benzene rings is 1. The van der Waals surface area contributed by atoms with E-state index in [9.17, 15) is 0 Å². The average molecular weight is 333 g/mol. The van der Waals surface area contributed by atoms with Gasteiger partial charge in [-0.3, -0.25) is 4.99 Å². The van der Waals surface area contributed by atoms with Crippen molar-refractivity contribution in [2.45, 2.75) is 32.7 Å². The Morgan fingerprint density at radius 3 is 2.79 bits per heavy atom. The summed E-state index contributed by atoms with van der Waals surface area (Å²) in [7, 11) is 5.65. The standard InChI is InChI=1S/C19H31N3O2/c1-15-5-6-17(13-18(15)23-4)14-21-19(20-2)22(3)10-7-16-8-11-24-12-9-16/h5-6,13,16H,7-12,14H2,1-4H3,(H,20,21). The van der Waals surface area contributed by atoms with Crippen LogP contribution in [-0.2, 0) is 11.3 Å². The van der Waals surface area contributed by atoms with E-state index in [1.165, 1.54) is 24.8 Å². The molecule has 0 aromatic heterocycles. The Labute approximate surface area is 146 Å². The molecule has 1 aliphatic rings. The van der Waals surface area contributed by atoms with Gasteiger partial charge in [-0.05, 0) is 49.3 Å². The lowest BCUT2D eigenvalue weighted by molar-refractivity contribution is 0.0625. The van der Waals surface area contributed by atoms with Crippen LogP contribution in [0.4, 0.5) is 0 Å². The molecule has 1 saturated heterocycles. The van der Waals surface area contributed by atoms with Gasteiger partial charge in [-0.15, -0.1) is 0 Å². The molecule has 0 bridgehead atoms. The van der Waals surface area contributed by atoms with E-state index in [0.29, 0.717) is 0 Å². The SMILES string of the molecule is CN=C(NCc1ccc(C)c(OC)c1)N(C)CCC1CCOCC1. The zero-order chi connectivity index (χ0) is 17.4. The van der Waals surface area contributed by atoms with Crippen LogP contribution in [-0.4, -0.2) is 51.8 Å². The first-order valence-electron chi connectivity index (χ1n) is 8.77. The highest BCUT2D eigenvalue weighted by Crippen LogP contribution is 2.19. The van der Waals surface area contributed by atoms with Crippen molar-refractivity contribution in [3.63, 3.8) is 0 Å². The fourth-order valence-corrected chi connectivity index (χ4v) is 3.06. The molecule has 1 fully saturated rings. The van der Waals surface area contributed by atoms with Crippen LogP contribution in [0.2, 0.25) is 0 Å². The van der Waals surface area contributed by atoms with Crippen molar-refractivity contribution < 1.29 is 9.47 Å². The van der Waals surface area contributed by atoms with E-state index in [0.717, 1.165) is 49.5 Å². The summed E-state index contributed by atoms with van der Waals surface area (Å²) in [5.74, 6) is 2.64. The number of ether oxygens (including phenoxy) is 2. The van der Waals surface area contributed by atoms with Crippen LogP contribution in [0.25, 0.3) is 0 Å². The van der Waals surface area contributed by atoms with Crippen LogP contribution in [0.15, 0.2) is 23.2 Å². The molecular formula is C19H31N3O2. The molecule has 0 saturated carbocycles. The topological polar surface area (TPSA) is 46.1 Å². The third kappa shape index (κ3) is 5.41. The third-order valence-corrected chi connectivity index (χ3v) is 4.71. The van der Waals surface area contributed by atoms with Gasteiger partial charge in [0.1, 0.15) is 5.75 Å². The van der Waals surface area contributed by atoms with Crippen molar-refractivity contribution >= 4 is 5.96 Å². The van der Waals surface area contributed by atoms with Gasteiger partial charge in [0.15, 0.2) is 5.96 Å². The quantitative estimate of drug-likeness (QED) is 0.642. The minimum absolute atomic E-state index is 0.741. The molecule has 0 unspecified atom stereocenters. The van der Waals surface area contributed by atoms with Crippen LogP contribution in [0, 0.1) is 12.8 Å². The second kappa shape index (κ2) is 9.52. The summed E-state index contributed by atoms with van der Waals surface area (Å²) in [6.07, 6.45) is 3.56. The highest BCUT2D eigenvalue weighted by Gasteiger charge is 2.15. The second-order valence-electron chi connectivity index (χ2n) is 6.47. The number of nitrogens with one attached hydrogen (secondary N) is 1. The normalized spacial score (nSPS) is 16.1. The minimum atomic E-state index is 0.741. The fourth-order valence-electron chi connectivity index (χ4n) is 3.06. The molecular weight excluding hydrogens is 302 g/mol. The van der Waals surface area contributed by atoms with Gasteiger partial charge in [0, 0.05) is 40.4 Å². The van der Waals surface area contributed by atoms with E-state index in [4.69, 9.17) is 9.47 Å². The number of rotatable bonds is 6. The second-order valence-corrected chi connectivity index (χ2v) is 6.47. The molecule has 2 rings (SSSR count). The third-order valence-electron chi connectivity index (χ3n) is 4.71. The highest BCUT2D eigenvalue weighted by atomic mass is 16.5. The fraction of sp³-hybridized carbons (Fsp3) is 0.632. The van der Waals surface area contributed by atoms with Crippen molar-refractivity contribution in [2.75, 3.05) is 41.0 Å². The first kappa shape index (κ1) is 18.6. The van der Waals surface area contributed by atoms with Crippen molar-refractivity contribution in [1.29, 1.82) is 0 Å². The number of aliphatic imine (C=N–C) groups is 1. The first-order chi connectivity index (χ1) is 11.6. The average Bonchev–Trinajstić information content (AvgIpc) is 2.62.